The van der Waals surface area contributed by atoms with Gasteiger partial charge in [0.05, 0.1) is 6.54 Å². The molecule has 1 aliphatic carbocycles. The first kappa shape index (κ1) is 19.7. The molecule has 1 heterocycles. The monoisotopic (exact) mass is 370 g/mol. The van der Waals surface area contributed by atoms with Gasteiger partial charge in [-0.3, -0.25) is 9.79 Å². The molecule has 27 heavy (non-hydrogen) atoms. The van der Waals surface area contributed by atoms with Crippen LogP contribution in [0.2, 0.25) is 0 Å². The second-order valence-corrected chi connectivity index (χ2v) is 7.70. The zero-order chi connectivity index (χ0) is 18.9. The van der Waals surface area contributed by atoms with E-state index < -0.39 is 0 Å². The van der Waals surface area contributed by atoms with Gasteiger partial charge >= 0.3 is 0 Å². The maximum absolute atomic E-state index is 12.2. The maximum atomic E-state index is 12.2. The van der Waals surface area contributed by atoms with Gasteiger partial charge in [-0.25, -0.2) is 0 Å². The second kappa shape index (κ2) is 10.3. The van der Waals surface area contributed by atoms with Crippen LogP contribution in [0.25, 0.3) is 0 Å². The number of amides is 1. The molecule has 2 aliphatic rings. The average molecular weight is 371 g/mol. The molecule has 1 saturated heterocycles. The van der Waals surface area contributed by atoms with E-state index in [4.69, 9.17) is 4.99 Å². The zero-order valence-electron chi connectivity index (χ0n) is 16.6. The van der Waals surface area contributed by atoms with Crippen LogP contribution in [-0.2, 0) is 4.79 Å². The third-order valence-corrected chi connectivity index (χ3v) is 5.74. The van der Waals surface area contributed by atoms with E-state index in [0.29, 0.717) is 19.0 Å². The fourth-order valence-electron chi connectivity index (χ4n) is 4.23. The lowest BCUT2D eigenvalue weighted by Crippen LogP contribution is -2.40. The molecular weight excluding hydrogens is 336 g/mol. The molecule has 5 nitrogen and oxygen atoms in total. The first-order chi connectivity index (χ1) is 13.3. The van der Waals surface area contributed by atoms with Crippen molar-refractivity contribution in [3.63, 3.8) is 0 Å². The Labute approximate surface area is 163 Å². The summed E-state index contributed by atoms with van der Waals surface area (Å²) in [6.45, 7) is 6.25. The van der Waals surface area contributed by atoms with Gasteiger partial charge in [0.1, 0.15) is 0 Å². The van der Waals surface area contributed by atoms with E-state index in [-0.39, 0.29) is 11.8 Å². The smallest absolute Gasteiger partial charge is 0.223 e. The van der Waals surface area contributed by atoms with Crippen molar-refractivity contribution in [1.29, 1.82) is 0 Å². The highest BCUT2D eigenvalue weighted by atomic mass is 16.1. The number of guanidine groups is 1. The number of likely N-dealkylation sites (tertiary alicyclic amines) is 1. The number of nitrogens with one attached hydrogen (secondary N) is 2. The predicted octanol–water partition coefficient (Wildman–Crippen LogP) is 3.14. The van der Waals surface area contributed by atoms with E-state index in [2.05, 4.69) is 52.8 Å². The van der Waals surface area contributed by atoms with Crippen LogP contribution in [0, 0.1) is 5.92 Å². The van der Waals surface area contributed by atoms with Gasteiger partial charge in [-0.1, -0.05) is 49.6 Å². The highest BCUT2D eigenvalue weighted by Gasteiger charge is 2.26. The Balaban J connectivity index is 1.47. The van der Waals surface area contributed by atoms with Gasteiger partial charge in [-0.15, -0.1) is 0 Å². The second-order valence-electron chi connectivity index (χ2n) is 7.70. The molecule has 0 radical (unpaired) electrons. The third-order valence-electron chi connectivity index (χ3n) is 5.74. The number of hydrogen-bond donors (Lipinski definition) is 2. The molecular formula is C22H34N4O. The first-order valence-electron chi connectivity index (χ1n) is 10.6. The molecule has 0 bridgehead atoms. The summed E-state index contributed by atoms with van der Waals surface area (Å²) in [5.74, 6) is 1.99. The minimum atomic E-state index is 0.222. The molecule has 3 rings (SSSR count). The highest BCUT2D eigenvalue weighted by molar-refractivity contribution is 5.80. The Morgan fingerprint density at radius 1 is 1.11 bits per heavy atom. The Hall–Kier alpha value is -2.04. The van der Waals surface area contributed by atoms with Crippen LogP contribution in [0.4, 0.5) is 0 Å². The number of nitrogens with zero attached hydrogens (tertiary/aromatic N) is 2. The van der Waals surface area contributed by atoms with Gasteiger partial charge < -0.3 is 15.5 Å². The minimum Gasteiger partial charge on any atom is -0.357 e. The van der Waals surface area contributed by atoms with Crippen LogP contribution in [-0.4, -0.2) is 49.5 Å². The number of hydrogen-bond acceptors (Lipinski definition) is 2. The summed E-state index contributed by atoms with van der Waals surface area (Å²) in [4.78, 5) is 19.3. The molecule has 2 N–H and O–H groups in total. The molecule has 148 valence electrons. The third kappa shape index (κ3) is 5.72. The molecule has 2 fully saturated rings. The first-order valence-corrected chi connectivity index (χ1v) is 10.6. The standard InChI is InChI=1S/C22H34N4O/c1-2-23-22(25-15-14-24-21(27)19-11-7-4-8-12-19)26-16-13-20(17-26)18-9-5-3-6-10-18/h3,5-6,9-10,19-20H,2,4,7-8,11-17H2,1H3,(H,23,25)(H,24,27). The molecule has 1 unspecified atom stereocenters. The summed E-state index contributed by atoms with van der Waals surface area (Å²) in [6.07, 6.45) is 6.92. The lowest BCUT2D eigenvalue weighted by atomic mass is 9.89. The van der Waals surface area contributed by atoms with Crippen LogP contribution in [0.15, 0.2) is 35.3 Å². The molecule has 1 saturated carbocycles. The molecule has 1 amide bonds. The van der Waals surface area contributed by atoms with E-state index >= 15 is 0 Å². The normalized spacial score (nSPS) is 21.3. The Morgan fingerprint density at radius 3 is 2.63 bits per heavy atom. The summed E-state index contributed by atoms with van der Waals surface area (Å²) in [5.41, 5.74) is 1.41. The Kier molecular flexibility index (Phi) is 7.55. The van der Waals surface area contributed by atoms with Crippen molar-refractivity contribution in [2.45, 2.75) is 51.4 Å². The van der Waals surface area contributed by atoms with E-state index in [0.717, 1.165) is 44.9 Å². The largest absolute Gasteiger partial charge is 0.357 e. The van der Waals surface area contributed by atoms with Crippen molar-refractivity contribution in [2.24, 2.45) is 10.9 Å². The fraction of sp³-hybridized carbons (Fsp3) is 0.636. The Bertz CT molecular complexity index is 610. The maximum Gasteiger partial charge on any atom is 0.223 e. The minimum absolute atomic E-state index is 0.222. The lowest BCUT2D eigenvalue weighted by molar-refractivity contribution is -0.125. The molecule has 1 aromatic carbocycles. The number of benzene rings is 1. The van der Waals surface area contributed by atoms with Gasteiger partial charge in [-0.2, -0.15) is 0 Å². The number of aliphatic imine (C=N–C) groups is 1. The summed E-state index contributed by atoms with van der Waals surface area (Å²) < 4.78 is 0. The molecule has 0 aromatic heterocycles. The quantitative estimate of drug-likeness (QED) is 0.459. The summed E-state index contributed by atoms with van der Waals surface area (Å²) in [6, 6.07) is 10.7. The molecule has 1 atom stereocenters. The lowest BCUT2D eigenvalue weighted by Gasteiger charge is -2.22. The van der Waals surface area contributed by atoms with Crippen LogP contribution in [0.5, 0.6) is 0 Å². The van der Waals surface area contributed by atoms with Crippen molar-refractivity contribution >= 4 is 11.9 Å². The highest BCUT2D eigenvalue weighted by Crippen LogP contribution is 2.27. The van der Waals surface area contributed by atoms with Gasteiger partial charge in [0, 0.05) is 38.0 Å². The van der Waals surface area contributed by atoms with Crippen molar-refractivity contribution in [3.05, 3.63) is 35.9 Å². The average Bonchev–Trinajstić information content (AvgIpc) is 3.21. The summed E-state index contributed by atoms with van der Waals surface area (Å²) in [7, 11) is 0. The molecule has 1 aromatic rings. The van der Waals surface area contributed by atoms with Crippen LogP contribution < -0.4 is 10.6 Å². The van der Waals surface area contributed by atoms with Crippen LogP contribution in [0.3, 0.4) is 0 Å². The topological polar surface area (TPSA) is 56.7 Å². The number of carbonyl (C=O) groups is 1. The van der Waals surface area contributed by atoms with Gasteiger partial charge in [-0.05, 0) is 31.7 Å². The van der Waals surface area contributed by atoms with Gasteiger partial charge in [0.15, 0.2) is 5.96 Å². The van der Waals surface area contributed by atoms with Crippen LogP contribution in [0.1, 0.15) is 56.9 Å². The van der Waals surface area contributed by atoms with Crippen LogP contribution >= 0.6 is 0 Å². The zero-order valence-corrected chi connectivity index (χ0v) is 16.6. The van der Waals surface area contributed by atoms with Gasteiger partial charge in [0.25, 0.3) is 0 Å². The number of rotatable bonds is 6. The van der Waals surface area contributed by atoms with Gasteiger partial charge in [0.2, 0.25) is 5.91 Å². The molecule has 1 aliphatic heterocycles. The molecule has 5 heteroatoms. The predicted molar refractivity (Wildman–Crippen MR) is 111 cm³/mol. The van der Waals surface area contributed by atoms with E-state index in [1.807, 2.05) is 0 Å². The van der Waals surface area contributed by atoms with E-state index in [1.54, 1.807) is 0 Å². The summed E-state index contributed by atoms with van der Waals surface area (Å²) >= 11 is 0. The van der Waals surface area contributed by atoms with E-state index in [1.165, 1.54) is 24.8 Å². The number of carbonyl (C=O) groups excluding carboxylic acids is 1. The van der Waals surface area contributed by atoms with Crippen molar-refractivity contribution < 1.29 is 4.79 Å². The van der Waals surface area contributed by atoms with Crippen molar-refractivity contribution in [3.8, 4) is 0 Å². The Morgan fingerprint density at radius 2 is 1.89 bits per heavy atom. The fourth-order valence-corrected chi connectivity index (χ4v) is 4.23. The van der Waals surface area contributed by atoms with Crippen molar-refractivity contribution in [2.75, 3.05) is 32.7 Å². The SMILES string of the molecule is CCNC(=NCCNC(=O)C1CCCCC1)N1CCC(c2ccccc2)C1. The molecule has 0 spiro atoms. The summed E-state index contributed by atoms with van der Waals surface area (Å²) in [5, 5.41) is 6.49. The van der Waals surface area contributed by atoms with E-state index in [9.17, 15) is 4.79 Å². The van der Waals surface area contributed by atoms with Crippen molar-refractivity contribution in [1.82, 2.24) is 15.5 Å².